The molecular formula is C13H20N2O7S. The summed E-state index contributed by atoms with van der Waals surface area (Å²) in [7, 11) is -3.11. The molecule has 9 nitrogen and oxygen atoms in total. The van der Waals surface area contributed by atoms with Gasteiger partial charge < -0.3 is 9.47 Å². The van der Waals surface area contributed by atoms with Crippen molar-refractivity contribution in [1.82, 2.24) is 0 Å². The summed E-state index contributed by atoms with van der Waals surface area (Å²) in [6, 6.07) is 3.81. The molecule has 0 aromatic heterocycles. The quantitative estimate of drug-likeness (QED) is 0.638. The molecule has 0 fully saturated rings. The topological polar surface area (TPSA) is 151 Å². The lowest BCUT2D eigenvalue weighted by Crippen LogP contribution is -2.07. The molecule has 0 aromatic rings. The molecule has 10 heteroatoms. The van der Waals surface area contributed by atoms with Crippen LogP contribution < -0.4 is 0 Å². The van der Waals surface area contributed by atoms with Gasteiger partial charge >= 0.3 is 22.5 Å². The number of nitrogens with zero attached hydrogens (tertiary/aromatic N) is 2. The van der Waals surface area contributed by atoms with E-state index in [4.69, 9.17) is 23.2 Å². The molecule has 0 saturated heterocycles. The monoisotopic (exact) mass is 348 g/mol. The van der Waals surface area contributed by atoms with Crippen LogP contribution >= 0.6 is 0 Å². The fourth-order valence-corrected chi connectivity index (χ4v) is 0.907. The van der Waals surface area contributed by atoms with E-state index in [0.717, 1.165) is 0 Å². The van der Waals surface area contributed by atoms with Gasteiger partial charge in [-0.05, 0) is 20.8 Å². The number of nitriles is 2. The average Bonchev–Trinajstić information content (AvgIpc) is 2.45. The highest BCUT2D eigenvalue weighted by atomic mass is 32.2. The summed E-state index contributed by atoms with van der Waals surface area (Å²) in [5, 5.41) is 16.3. The Labute approximate surface area is 136 Å². The van der Waals surface area contributed by atoms with Gasteiger partial charge in [-0.3, -0.25) is 9.59 Å². The van der Waals surface area contributed by atoms with Crippen molar-refractivity contribution in [3.63, 3.8) is 0 Å². The van der Waals surface area contributed by atoms with Crippen LogP contribution in [0.2, 0.25) is 0 Å². The maximum Gasteiger partial charge on any atom is 0.425 e. The highest BCUT2D eigenvalue weighted by molar-refractivity contribution is 7.59. The van der Waals surface area contributed by atoms with Crippen molar-refractivity contribution in [3.05, 3.63) is 0 Å². The minimum Gasteiger partial charge on any atom is -0.466 e. The Balaban J connectivity index is -0.000000284. The Morgan fingerprint density at radius 1 is 1.04 bits per heavy atom. The lowest BCUT2D eigenvalue weighted by atomic mass is 10.1. The van der Waals surface area contributed by atoms with Gasteiger partial charge in [-0.2, -0.15) is 10.5 Å². The third-order valence-electron chi connectivity index (χ3n) is 1.74. The van der Waals surface area contributed by atoms with E-state index >= 15 is 0 Å². The molecule has 0 N–H and O–H groups in total. The third kappa shape index (κ3) is 32.8. The van der Waals surface area contributed by atoms with Crippen LogP contribution in [-0.4, -0.2) is 37.8 Å². The number of carbonyl (C=O) groups is 2. The molecule has 0 spiro atoms. The van der Waals surface area contributed by atoms with Gasteiger partial charge in [0, 0.05) is 6.42 Å². The van der Waals surface area contributed by atoms with Crippen LogP contribution in [0.5, 0.6) is 0 Å². The minimum atomic E-state index is -3.11. The number of esters is 2. The van der Waals surface area contributed by atoms with Crippen molar-refractivity contribution in [3.8, 4) is 12.1 Å². The van der Waals surface area contributed by atoms with Gasteiger partial charge in [-0.15, -0.1) is 12.6 Å². The first-order valence-corrected chi connectivity index (χ1v) is 7.59. The first-order chi connectivity index (χ1) is 10.7. The van der Waals surface area contributed by atoms with Crippen LogP contribution in [-0.2, 0) is 29.7 Å². The average molecular weight is 348 g/mol. The van der Waals surface area contributed by atoms with E-state index in [0.29, 0.717) is 13.2 Å². The molecule has 1 atom stereocenters. The third-order valence-corrected chi connectivity index (χ3v) is 1.74. The fourth-order valence-electron chi connectivity index (χ4n) is 0.907. The summed E-state index contributed by atoms with van der Waals surface area (Å²) in [4.78, 5) is 21.1. The molecule has 0 saturated carbocycles. The Morgan fingerprint density at radius 2 is 1.48 bits per heavy atom. The number of ether oxygens (including phenoxy) is 2. The summed E-state index contributed by atoms with van der Waals surface area (Å²) >= 11 is 0. The molecule has 0 radical (unpaired) electrons. The largest absolute Gasteiger partial charge is 0.466 e. The zero-order valence-corrected chi connectivity index (χ0v) is 14.1. The van der Waals surface area contributed by atoms with Gasteiger partial charge in [0.15, 0.2) is 0 Å². The van der Waals surface area contributed by atoms with Crippen molar-refractivity contribution in [2.75, 3.05) is 13.2 Å². The molecule has 0 heterocycles. The smallest absolute Gasteiger partial charge is 0.425 e. The van der Waals surface area contributed by atoms with E-state index in [9.17, 15) is 9.59 Å². The second kappa shape index (κ2) is 19.5. The van der Waals surface area contributed by atoms with Gasteiger partial charge in [0.25, 0.3) is 0 Å². The molecule has 0 aliphatic carbocycles. The minimum absolute atomic E-state index is 0.199. The van der Waals surface area contributed by atoms with Crippen LogP contribution in [0.3, 0.4) is 0 Å². The zero-order valence-electron chi connectivity index (χ0n) is 13.3. The summed E-state index contributed by atoms with van der Waals surface area (Å²) in [5.74, 6) is -0.824. The van der Waals surface area contributed by atoms with E-state index in [1.807, 2.05) is 12.1 Å². The summed E-state index contributed by atoms with van der Waals surface area (Å²) in [5.41, 5.74) is 0. The predicted molar refractivity (Wildman–Crippen MR) is 77.2 cm³/mol. The molecule has 0 aromatic carbocycles. The summed E-state index contributed by atoms with van der Waals surface area (Å²) in [6.45, 7) is 5.96. The Morgan fingerprint density at radius 3 is 1.83 bits per heavy atom. The Bertz CT molecular complexity index is 510. The van der Waals surface area contributed by atoms with Crippen molar-refractivity contribution in [2.45, 2.75) is 40.0 Å². The van der Waals surface area contributed by atoms with Crippen LogP contribution in [0.4, 0.5) is 0 Å². The van der Waals surface area contributed by atoms with E-state index in [1.54, 1.807) is 20.8 Å². The number of hydrogen-bond donors (Lipinski definition) is 0. The maximum atomic E-state index is 10.6. The van der Waals surface area contributed by atoms with Crippen LogP contribution in [0.1, 0.15) is 40.0 Å². The lowest BCUT2D eigenvalue weighted by molar-refractivity contribution is -0.144. The van der Waals surface area contributed by atoms with Gasteiger partial charge in [0.05, 0.1) is 44.1 Å². The highest BCUT2D eigenvalue weighted by Crippen LogP contribution is 2.00. The number of hydrogen-bond acceptors (Lipinski definition) is 9. The molecule has 1 unspecified atom stereocenters. The molecule has 0 bridgehead atoms. The van der Waals surface area contributed by atoms with Gasteiger partial charge in [-0.25, -0.2) is 0 Å². The Kier molecular flexibility index (Phi) is 21.7. The molecule has 0 aliphatic heterocycles. The fraction of sp³-hybridized carbons (Fsp3) is 0.692. The van der Waals surface area contributed by atoms with Crippen molar-refractivity contribution in [1.29, 1.82) is 10.5 Å². The first-order valence-electron chi connectivity index (χ1n) is 6.59. The highest BCUT2D eigenvalue weighted by Gasteiger charge is 2.07. The van der Waals surface area contributed by atoms with Crippen molar-refractivity contribution >= 4 is 22.5 Å². The number of rotatable bonds is 6. The summed E-state index contributed by atoms with van der Waals surface area (Å²) < 4.78 is 34.5. The normalized spacial score (nSPS) is 9.26. The van der Waals surface area contributed by atoms with E-state index in [2.05, 4.69) is 9.47 Å². The number of carbonyl (C=O) groups excluding carboxylic acids is 2. The molecule has 0 aliphatic rings. The summed E-state index contributed by atoms with van der Waals surface area (Å²) in [6.07, 6.45) is 0.660. The maximum absolute atomic E-state index is 10.6. The van der Waals surface area contributed by atoms with Gasteiger partial charge in [-0.1, -0.05) is 0 Å². The first kappa shape index (κ1) is 25.5. The van der Waals surface area contributed by atoms with Crippen LogP contribution in [0, 0.1) is 28.6 Å². The Hall–Kier alpha value is -2.46. The lowest BCUT2D eigenvalue weighted by Gasteiger charge is -2.00. The molecule has 130 valence electrons. The molecule has 0 rings (SSSR count). The van der Waals surface area contributed by atoms with Crippen molar-refractivity contribution in [2.24, 2.45) is 5.92 Å². The SMILES string of the molecule is CCOC(=O)CC(C)C#N.CCOC(=O)CCC#N.O=S(=O)=O. The van der Waals surface area contributed by atoms with E-state index < -0.39 is 10.6 Å². The van der Waals surface area contributed by atoms with Crippen LogP contribution in [0.15, 0.2) is 0 Å². The van der Waals surface area contributed by atoms with Gasteiger partial charge in [0.1, 0.15) is 0 Å². The molecule has 0 amide bonds. The molecule has 23 heavy (non-hydrogen) atoms. The van der Waals surface area contributed by atoms with Crippen LogP contribution in [0.25, 0.3) is 0 Å². The van der Waals surface area contributed by atoms with E-state index in [-0.39, 0.29) is 37.1 Å². The molecular weight excluding hydrogens is 328 g/mol. The second-order valence-electron chi connectivity index (χ2n) is 3.71. The van der Waals surface area contributed by atoms with Gasteiger partial charge in [0.2, 0.25) is 0 Å². The predicted octanol–water partition coefficient (Wildman–Crippen LogP) is 0.948. The zero-order chi connectivity index (χ0) is 18.7. The standard InChI is InChI=1S/C7H11NO2.C6H9NO2.O3S/c1-3-10-7(9)4-6(2)5-8;1-2-9-6(8)4-3-5-7;1-4(2)3/h6H,3-4H2,1-2H3;2-4H2,1H3;. The van der Waals surface area contributed by atoms with Crippen molar-refractivity contribution < 1.29 is 31.7 Å². The second-order valence-corrected chi connectivity index (χ2v) is 4.11. The van der Waals surface area contributed by atoms with E-state index in [1.165, 1.54) is 0 Å².